The average molecular weight is 346 g/mol. The first-order valence-corrected chi connectivity index (χ1v) is 7.36. The van der Waals surface area contributed by atoms with Crippen LogP contribution in [0.1, 0.15) is 11.5 Å². The predicted molar refractivity (Wildman–Crippen MR) is 80.7 cm³/mol. The molecule has 0 saturated carbocycles. The molecule has 1 aliphatic heterocycles. The van der Waals surface area contributed by atoms with Gasteiger partial charge in [-0.1, -0.05) is 29.3 Å². The summed E-state index contributed by atoms with van der Waals surface area (Å²) in [6, 6.07) is 5.16. The minimum absolute atomic E-state index is 0.182. The minimum Gasteiger partial charge on any atom is -0.465 e. The Kier molecular flexibility index (Phi) is 5.74. The van der Waals surface area contributed by atoms with Crippen molar-refractivity contribution in [1.82, 2.24) is 9.81 Å². The molecule has 0 radical (unpaired) electrons. The number of benzene rings is 1. The highest BCUT2D eigenvalue weighted by atomic mass is 35.5. The van der Waals surface area contributed by atoms with Gasteiger partial charge in [-0.3, -0.25) is 0 Å². The summed E-state index contributed by atoms with van der Waals surface area (Å²) in [5.41, 5.74) is 7.59. The molecule has 0 bridgehead atoms. The van der Waals surface area contributed by atoms with Crippen molar-refractivity contribution in [3.8, 4) is 0 Å². The third kappa shape index (κ3) is 3.96. The largest absolute Gasteiger partial charge is 0.465 e. The number of amides is 1. The second-order valence-electron chi connectivity index (χ2n) is 4.84. The first kappa shape index (κ1) is 16.7. The van der Waals surface area contributed by atoms with E-state index >= 15 is 0 Å². The van der Waals surface area contributed by atoms with E-state index in [0.29, 0.717) is 10.0 Å². The Hall–Kier alpha value is -1.66. The van der Waals surface area contributed by atoms with E-state index in [1.54, 1.807) is 18.2 Å². The van der Waals surface area contributed by atoms with Gasteiger partial charge in [0, 0.05) is 19.0 Å². The number of carboxylic acid groups (broad SMARTS) is 1. The number of nitrogens with zero attached hydrogens (tertiary/aromatic N) is 3. The van der Waals surface area contributed by atoms with E-state index in [9.17, 15) is 9.90 Å². The lowest BCUT2D eigenvalue weighted by molar-refractivity contribution is 0.0562. The first-order valence-electron chi connectivity index (χ1n) is 6.60. The molecular weight excluding hydrogens is 331 g/mol. The van der Waals surface area contributed by atoms with Crippen molar-refractivity contribution in [3.05, 3.63) is 33.8 Å². The second-order valence-corrected chi connectivity index (χ2v) is 5.66. The molecule has 2 N–H and O–H groups in total. The second kappa shape index (κ2) is 7.56. The third-order valence-electron chi connectivity index (χ3n) is 3.53. The van der Waals surface area contributed by atoms with Crippen LogP contribution in [0, 0.1) is 5.53 Å². The van der Waals surface area contributed by atoms with Crippen molar-refractivity contribution in [3.63, 3.8) is 0 Å². The Balaban J connectivity index is 2.34. The molecule has 1 heterocycles. The Bertz CT molecular complexity index is 607. The third-order valence-corrected chi connectivity index (χ3v) is 4.27. The first-order chi connectivity index (χ1) is 10.5. The molecule has 0 unspecified atom stereocenters. The minimum atomic E-state index is -1.00. The fraction of sp³-hybridized carbons (Fsp3) is 0.462. The number of ether oxygens (including phenoxy) is 1. The molecule has 2 rings (SSSR count). The van der Waals surface area contributed by atoms with Crippen LogP contribution in [0.2, 0.25) is 10.0 Å². The van der Waals surface area contributed by atoms with Crippen LogP contribution in [0.15, 0.2) is 23.3 Å². The number of halogens is 2. The molecule has 0 aromatic heterocycles. The van der Waals surface area contributed by atoms with Gasteiger partial charge in [-0.2, -0.15) is 0 Å². The van der Waals surface area contributed by atoms with E-state index in [1.807, 2.05) is 0 Å². The summed E-state index contributed by atoms with van der Waals surface area (Å²) in [5.74, 6) is -0.265. The quantitative estimate of drug-likeness (QED) is 0.650. The van der Waals surface area contributed by atoms with E-state index < -0.39 is 6.09 Å². The Morgan fingerprint density at radius 2 is 2.27 bits per heavy atom. The summed E-state index contributed by atoms with van der Waals surface area (Å²) in [6.45, 7) is 0.983. The average Bonchev–Trinajstić information content (AvgIpc) is 2.70. The molecule has 7 nitrogen and oxygen atoms in total. The monoisotopic (exact) mass is 345 g/mol. The Labute approximate surface area is 137 Å². The van der Waals surface area contributed by atoms with Crippen LogP contribution in [0.3, 0.4) is 0 Å². The lowest BCUT2D eigenvalue weighted by Gasteiger charge is -2.25. The van der Waals surface area contributed by atoms with Gasteiger partial charge in [0.1, 0.15) is 17.2 Å². The molecule has 118 valence electrons. The smallest absolute Gasteiger partial charge is 0.407 e. The van der Waals surface area contributed by atoms with E-state index in [4.69, 9.17) is 33.5 Å². The molecule has 9 heteroatoms. The van der Waals surface area contributed by atoms with Gasteiger partial charge in [-0.25, -0.2) is 4.79 Å². The molecule has 1 fully saturated rings. The van der Waals surface area contributed by atoms with Crippen LogP contribution in [-0.4, -0.2) is 48.4 Å². The summed E-state index contributed by atoms with van der Waals surface area (Å²) in [7, 11) is 0. The predicted octanol–water partition coefficient (Wildman–Crippen LogP) is 3.01. The van der Waals surface area contributed by atoms with Crippen molar-refractivity contribution < 1.29 is 14.6 Å². The van der Waals surface area contributed by atoms with Crippen molar-refractivity contribution in [2.45, 2.75) is 12.0 Å². The molecule has 1 aromatic carbocycles. The number of hydrogen-bond acceptors (Lipinski definition) is 4. The van der Waals surface area contributed by atoms with E-state index in [2.05, 4.69) is 10.0 Å². The van der Waals surface area contributed by atoms with Crippen LogP contribution in [0.5, 0.6) is 0 Å². The standard InChI is InChI=1S/C13H14Cl2N4O3/c14-10-2-1-8(5-11(10)15)9-7-19(13(20)21)3-4-22-12(9)6-17-18-16/h1-2,5,9,12,16H,3-4,6-7H2/p+1/t9-,12+/m0/s1. The van der Waals surface area contributed by atoms with Gasteiger partial charge in [0.25, 0.3) is 0 Å². The fourth-order valence-electron chi connectivity index (χ4n) is 2.41. The highest BCUT2D eigenvalue weighted by Crippen LogP contribution is 2.31. The van der Waals surface area contributed by atoms with Crippen LogP contribution in [-0.2, 0) is 4.74 Å². The Morgan fingerprint density at radius 3 is 2.91 bits per heavy atom. The number of hydrogen-bond donors (Lipinski definition) is 2. The molecule has 0 aliphatic carbocycles. The molecule has 0 spiro atoms. The number of rotatable bonds is 3. The van der Waals surface area contributed by atoms with Gasteiger partial charge >= 0.3 is 6.09 Å². The summed E-state index contributed by atoms with van der Waals surface area (Å²) in [5, 5.41) is 13.7. The molecule has 1 saturated heterocycles. The van der Waals surface area contributed by atoms with E-state index in [-0.39, 0.29) is 38.3 Å². The molecule has 1 amide bonds. The van der Waals surface area contributed by atoms with Gasteiger partial charge in [0.15, 0.2) is 0 Å². The van der Waals surface area contributed by atoms with Crippen molar-refractivity contribution in [2.75, 3.05) is 26.2 Å². The summed E-state index contributed by atoms with van der Waals surface area (Å²) < 4.78 is 5.70. The number of nitrogens with one attached hydrogen (secondary N) is 1. The zero-order valence-electron chi connectivity index (χ0n) is 11.6. The van der Waals surface area contributed by atoms with E-state index in [0.717, 1.165) is 5.56 Å². The van der Waals surface area contributed by atoms with Crippen LogP contribution in [0.4, 0.5) is 4.79 Å². The normalized spacial score (nSPS) is 21.8. The molecule has 1 aliphatic rings. The topological polar surface area (TPSA) is 100 Å². The van der Waals surface area contributed by atoms with Gasteiger partial charge in [0.05, 0.1) is 22.8 Å². The zero-order chi connectivity index (χ0) is 16.1. The maximum absolute atomic E-state index is 11.3. The van der Waals surface area contributed by atoms with E-state index in [1.165, 1.54) is 4.90 Å². The maximum Gasteiger partial charge on any atom is 0.407 e. The highest BCUT2D eigenvalue weighted by molar-refractivity contribution is 6.42. The Morgan fingerprint density at radius 1 is 1.50 bits per heavy atom. The van der Waals surface area contributed by atoms with Crippen LogP contribution < -0.4 is 4.91 Å². The van der Waals surface area contributed by atoms with Gasteiger partial charge in [0.2, 0.25) is 4.91 Å². The lowest BCUT2D eigenvalue weighted by atomic mass is 9.93. The van der Waals surface area contributed by atoms with Crippen molar-refractivity contribution >= 4 is 29.3 Å². The van der Waals surface area contributed by atoms with Crippen LogP contribution in [0.25, 0.3) is 0 Å². The zero-order valence-corrected chi connectivity index (χ0v) is 13.1. The number of carbonyl (C=O) groups is 1. The SMILES string of the molecule is N=[N+]=NC[C@H]1OCCN(C(=O)O)C[C@H]1c1ccc(Cl)c(Cl)c1. The van der Waals surface area contributed by atoms with Gasteiger partial charge in [-0.15, -0.1) is 0 Å². The van der Waals surface area contributed by atoms with Gasteiger partial charge < -0.3 is 14.7 Å². The van der Waals surface area contributed by atoms with Gasteiger partial charge in [-0.05, 0) is 17.7 Å². The molecule has 2 atom stereocenters. The van der Waals surface area contributed by atoms with Crippen molar-refractivity contribution in [2.24, 2.45) is 5.11 Å². The highest BCUT2D eigenvalue weighted by Gasteiger charge is 2.32. The lowest BCUT2D eigenvalue weighted by Crippen LogP contribution is -2.35. The molecule has 1 aromatic rings. The summed E-state index contributed by atoms with van der Waals surface area (Å²) >= 11 is 12.0. The summed E-state index contributed by atoms with van der Waals surface area (Å²) in [6.07, 6.45) is -1.38. The van der Waals surface area contributed by atoms with Crippen LogP contribution >= 0.6 is 23.2 Å². The fourth-order valence-corrected chi connectivity index (χ4v) is 2.72. The molecular formula is C13H15Cl2N4O3+. The maximum atomic E-state index is 11.3. The van der Waals surface area contributed by atoms with Crippen molar-refractivity contribution in [1.29, 1.82) is 5.53 Å². The summed E-state index contributed by atoms with van der Waals surface area (Å²) in [4.78, 5) is 15.6. The molecule has 22 heavy (non-hydrogen) atoms.